The molecule has 0 spiro atoms. The van der Waals surface area contributed by atoms with E-state index in [1.165, 1.54) is 0 Å². The van der Waals surface area contributed by atoms with Gasteiger partial charge in [0.25, 0.3) is 5.91 Å². The average molecular weight is 273 g/mol. The summed E-state index contributed by atoms with van der Waals surface area (Å²) in [6.07, 6.45) is 1.09. The molecule has 1 aromatic rings. The van der Waals surface area contributed by atoms with Crippen LogP contribution in [0.15, 0.2) is 10.5 Å². The van der Waals surface area contributed by atoms with Gasteiger partial charge >= 0.3 is 0 Å². The summed E-state index contributed by atoms with van der Waals surface area (Å²) in [4.78, 5) is 14.2. The van der Waals surface area contributed by atoms with E-state index in [-0.39, 0.29) is 18.3 Å². The van der Waals surface area contributed by atoms with Gasteiger partial charge in [-0.2, -0.15) is 0 Å². The molecule has 4 nitrogen and oxygen atoms in total. The lowest BCUT2D eigenvalue weighted by Crippen LogP contribution is -2.30. The van der Waals surface area contributed by atoms with Crippen LogP contribution in [-0.2, 0) is 0 Å². The van der Waals surface area contributed by atoms with Gasteiger partial charge in [0.1, 0.15) is 11.5 Å². The molecule has 1 amide bonds. The lowest BCUT2D eigenvalue weighted by atomic mass is 10.1. The van der Waals surface area contributed by atoms with Gasteiger partial charge in [0.05, 0.1) is 5.56 Å². The van der Waals surface area contributed by atoms with Gasteiger partial charge in [-0.3, -0.25) is 4.79 Å². The van der Waals surface area contributed by atoms with Crippen LogP contribution in [0.25, 0.3) is 0 Å². The van der Waals surface area contributed by atoms with Crippen LogP contribution in [0.1, 0.15) is 28.3 Å². The van der Waals surface area contributed by atoms with Crippen LogP contribution in [0.2, 0.25) is 0 Å². The minimum absolute atomic E-state index is 0. The van der Waals surface area contributed by atoms with E-state index < -0.39 is 0 Å². The first-order chi connectivity index (χ1) is 8.11. The molecular weight excluding hydrogens is 252 g/mol. The second kappa shape index (κ2) is 6.25. The molecule has 102 valence electrons. The van der Waals surface area contributed by atoms with Crippen LogP contribution >= 0.6 is 12.4 Å². The summed E-state index contributed by atoms with van der Waals surface area (Å²) in [6.45, 7) is 6.41. The third-order valence-electron chi connectivity index (χ3n) is 3.34. The lowest BCUT2D eigenvalue weighted by Gasteiger charge is -2.15. The van der Waals surface area contributed by atoms with Gasteiger partial charge in [-0.1, -0.05) is 0 Å². The number of carbonyl (C=O) groups excluding carboxylic acids is 1. The Balaban J connectivity index is 0.00000162. The first kappa shape index (κ1) is 15.1. The molecular formula is C13H21ClN2O2. The zero-order valence-electron chi connectivity index (χ0n) is 11.2. The van der Waals surface area contributed by atoms with E-state index in [0.29, 0.717) is 11.5 Å². The second-order valence-corrected chi connectivity index (χ2v) is 4.79. The summed E-state index contributed by atoms with van der Waals surface area (Å²) in [7, 11) is 1.95. The number of aryl methyl sites for hydroxylation is 2. The minimum Gasteiger partial charge on any atom is -0.466 e. The Labute approximate surface area is 114 Å². The number of hydrogen-bond donors (Lipinski definition) is 1. The third kappa shape index (κ3) is 3.06. The minimum atomic E-state index is 0. The molecule has 1 aliphatic heterocycles. The summed E-state index contributed by atoms with van der Waals surface area (Å²) in [6, 6.07) is 1.84. The quantitative estimate of drug-likeness (QED) is 0.915. The van der Waals surface area contributed by atoms with Gasteiger partial charge in [-0.25, -0.2) is 0 Å². The Morgan fingerprint density at radius 2 is 2.28 bits per heavy atom. The zero-order valence-corrected chi connectivity index (χ0v) is 12.0. The van der Waals surface area contributed by atoms with Crippen molar-refractivity contribution in [3.63, 3.8) is 0 Å². The summed E-state index contributed by atoms with van der Waals surface area (Å²) in [5.41, 5.74) is 0.715. The maximum Gasteiger partial charge on any atom is 0.257 e. The highest BCUT2D eigenvalue weighted by Crippen LogP contribution is 2.21. The molecule has 1 atom stereocenters. The predicted molar refractivity (Wildman–Crippen MR) is 73.4 cm³/mol. The molecule has 0 bridgehead atoms. The fourth-order valence-electron chi connectivity index (χ4n) is 2.49. The van der Waals surface area contributed by atoms with Gasteiger partial charge < -0.3 is 14.6 Å². The van der Waals surface area contributed by atoms with Crippen molar-refractivity contribution in [3.05, 3.63) is 23.2 Å². The Kier molecular flexibility index (Phi) is 5.23. The van der Waals surface area contributed by atoms with Crippen molar-refractivity contribution in [1.82, 2.24) is 10.2 Å². The second-order valence-electron chi connectivity index (χ2n) is 4.79. The van der Waals surface area contributed by atoms with Crippen molar-refractivity contribution in [2.45, 2.75) is 20.3 Å². The first-order valence-electron chi connectivity index (χ1n) is 6.12. The summed E-state index contributed by atoms with van der Waals surface area (Å²) in [5, 5.41) is 3.17. The Morgan fingerprint density at radius 3 is 2.83 bits per heavy atom. The number of amides is 1. The largest absolute Gasteiger partial charge is 0.466 e. The Morgan fingerprint density at radius 1 is 1.56 bits per heavy atom. The molecule has 1 saturated heterocycles. The normalized spacial score (nSPS) is 18.8. The maximum atomic E-state index is 12.3. The number of furan rings is 1. The molecule has 2 rings (SSSR count). The van der Waals surface area contributed by atoms with Crippen LogP contribution in [-0.4, -0.2) is 37.5 Å². The van der Waals surface area contributed by atoms with Gasteiger partial charge in [-0.05, 0) is 45.8 Å². The highest BCUT2D eigenvalue weighted by atomic mass is 35.5. The van der Waals surface area contributed by atoms with Crippen molar-refractivity contribution in [2.24, 2.45) is 5.92 Å². The molecule has 0 aliphatic carbocycles. The molecule has 0 aromatic carbocycles. The monoisotopic (exact) mass is 272 g/mol. The molecule has 1 unspecified atom stereocenters. The van der Waals surface area contributed by atoms with Gasteiger partial charge in [0.2, 0.25) is 0 Å². The summed E-state index contributed by atoms with van der Waals surface area (Å²) in [5.74, 6) is 2.22. The fraction of sp³-hybridized carbons (Fsp3) is 0.615. The van der Waals surface area contributed by atoms with Gasteiger partial charge in [-0.15, -0.1) is 12.4 Å². The third-order valence-corrected chi connectivity index (χ3v) is 3.34. The summed E-state index contributed by atoms with van der Waals surface area (Å²) >= 11 is 0. The molecule has 1 aromatic heterocycles. The Hall–Kier alpha value is -1.00. The summed E-state index contributed by atoms with van der Waals surface area (Å²) < 4.78 is 5.41. The van der Waals surface area contributed by atoms with Crippen LogP contribution in [0.4, 0.5) is 0 Å². The van der Waals surface area contributed by atoms with Crippen LogP contribution in [0.3, 0.4) is 0 Å². The van der Waals surface area contributed by atoms with E-state index in [1.54, 1.807) is 0 Å². The standard InChI is InChI=1S/C13H20N2O2.ClH/c1-9-6-12(10(2)17-9)13(16)15-5-4-11(8-15)7-14-3;/h6,11,14H,4-5,7-8H2,1-3H3;1H. The molecule has 1 fully saturated rings. The number of halogens is 1. The molecule has 1 aliphatic rings. The molecule has 0 saturated carbocycles. The molecule has 1 N–H and O–H groups in total. The number of nitrogens with one attached hydrogen (secondary N) is 1. The highest BCUT2D eigenvalue weighted by molar-refractivity contribution is 5.95. The van der Waals surface area contributed by atoms with Crippen LogP contribution < -0.4 is 5.32 Å². The fourth-order valence-corrected chi connectivity index (χ4v) is 2.49. The SMILES string of the molecule is CNCC1CCN(C(=O)c2cc(C)oc2C)C1.Cl. The van der Waals surface area contributed by atoms with Crippen molar-refractivity contribution >= 4 is 18.3 Å². The topological polar surface area (TPSA) is 45.5 Å². The van der Waals surface area contributed by atoms with Crippen molar-refractivity contribution in [3.8, 4) is 0 Å². The number of carbonyl (C=O) groups is 1. The molecule has 0 radical (unpaired) electrons. The Bertz CT molecular complexity index is 417. The first-order valence-corrected chi connectivity index (χ1v) is 6.12. The molecule has 5 heteroatoms. The van der Waals surface area contributed by atoms with E-state index in [4.69, 9.17) is 4.42 Å². The number of rotatable bonds is 3. The zero-order chi connectivity index (χ0) is 12.4. The van der Waals surface area contributed by atoms with Crippen molar-refractivity contribution in [2.75, 3.05) is 26.7 Å². The van der Waals surface area contributed by atoms with E-state index >= 15 is 0 Å². The van der Waals surface area contributed by atoms with Gasteiger partial charge in [0, 0.05) is 13.1 Å². The number of likely N-dealkylation sites (tertiary alicyclic amines) is 1. The van der Waals surface area contributed by atoms with Crippen molar-refractivity contribution in [1.29, 1.82) is 0 Å². The number of nitrogens with zero attached hydrogens (tertiary/aromatic N) is 1. The lowest BCUT2D eigenvalue weighted by molar-refractivity contribution is 0.0785. The predicted octanol–water partition coefficient (Wildman–Crippen LogP) is 2.00. The average Bonchev–Trinajstić information content (AvgIpc) is 2.85. The van der Waals surface area contributed by atoms with Crippen LogP contribution in [0, 0.1) is 19.8 Å². The van der Waals surface area contributed by atoms with E-state index in [0.717, 1.165) is 37.6 Å². The van der Waals surface area contributed by atoms with Crippen LogP contribution in [0.5, 0.6) is 0 Å². The van der Waals surface area contributed by atoms with Gasteiger partial charge in [0.15, 0.2) is 0 Å². The molecule has 18 heavy (non-hydrogen) atoms. The van der Waals surface area contributed by atoms with E-state index in [2.05, 4.69) is 5.32 Å². The smallest absolute Gasteiger partial charge is 0.257 e. The maximum absolute atomic E-state index is 12.3. The molecule has 2 heterocycles. The highest BCUT2D eigenvalue weighted by Gasteiger charge is 2.28. The number of hydrogen-bond acceptors (Lipinski definition) is 3. The van der Waals surface area contributed by atoms with E-state index in [1.807, 2.05) is 31.9 Å². The van der Waals surface area contributed by atoms with Crippen molar-refractivity contribution < 1.29 is 9.21 Å². The van der Waals surface area contributed by atoms with E-state index in [9.17, 15) is 4.79 Å².